The highest BCUT2D eigenvalue weighted by atomic mass is 35.5. The number of thiazole rings is 1. The predicted molar refractivity (Wildman–Crippen MR) is 112 cm³/mol. The zero-order valence-corrected chi connectivity index (χ0v) is 16.4. The number of nitro groups is 1. The van der Waals surface area contributed by atoms with Crippen molar-refractivity contribution in [2.24, 2.45) is 0 Å². The van der Waals surface area contributed by atoms with E-state index in [1.807, 2.05) is 17.0 Å². The number of piperidine rings is 1. The monoisotopic (exact) mass is 416 g/mol. The van der Waals surface area contributed by atoms with Crippen molar-refractivity contribution in [2.75, 3.05) is 23.3 Å². The van der Waals surface area contributed by atoms with Gasteiger partial charge in [0.1, 0.15) is 11.2 Å². The van der Waals surface area contributed by atoms with Crippen LogP contribution in [0.15, 0.2) is 36.4 Å². The Morgan fingerprint density at radius 1 is 1.21 bits per heavy atom. The van der Waals surface area contributed by atoms with E-state index < -0.39 is 10.8 Å². The van der Waals surface area contributed by atoms with E-state index in [0.717, 1.165) is 37.1 Å². The third kappa shape index (κ3) is 3.65. The minimum Gasteiger partial charge on any atom is -0.366 e. The van der Waals surface area contributed by atoms with Gasteiger partial charge in [0.15, 0.2) is 5.13 Å². The summed E-state index contributed by atoms with van der Waals surface area (Å²) >= 11 is 7.42. The number of nitrogens with zero attached hydrogens (tertiary/aromatic N) is 3. The van der Waals surface area contributed by atoms with Gasteiger partial charge in [-0.2, -0.15) is 0 Å². The summed E-state index contributed by atoms with van der Waals surface area (Å²) in [6.07, 6.45) is 3.16. The van der Waals surface area contributed by atoms with Crippen LogP contribution in [0.3, 0.4) is 0 Å². The van der Waals surface area contributed by atoms with E-state index in [1.165, 1.54) is 17.4 Å². The molecule has 4 rings (SSSR count). The maximum atomic E-state index is 12.6. The minimum atomic E-state index is -0.441. The number of anilines is 2. The number of carbonyl (C=O) groups excluding carboxylic acids is 1. The average Bonchev–Trinajstić information content (AvgIpc) is 3.12. The van der Waals surface area contributed by atoms with Gasteiger partial charge in [0.2, 0.25) is 0 Å². The summed E-state index contributed by atoms with van der Waals surface area (Å²) in [5.41, 5.74) is 1.35. The maximum absolute atomic E-state index is 12.6. The van der Waals surface area contributed by atoms with Gasteiger partial charge >= 0.3 is 0 Å². The van der Waals surface area contributed by atoms with Crippen molar-refractivity contribution in [2.45, 2.75) is 19.3 Å². The van der Waals surface area contributed by atoms with Gasteiger partial charge in [0.05, 0.1) is 14.6 Å². The van der Waals surface area contributed by atoms with Gasteiger partial charge in [0.25, 0.3) is 11.6 Å². The van der Waals surface area contributed by atoms with Gasteiger partial charge in [-0.1, -0.05) is 29.0 Å². The lowest BCUT2D eigenvalue weighted by Gasteiger charge is -2.28. The molecule has 0 saturated carbocycles. The first-order valence-corrected chi connectivity index (χ1v) is 10.1. The molecule has 7 nitrogen and oxygen atoms in total. The maximum Gasteiger partial charge on any atom is 0.293 e. The number of para-hydroxylation sites is 1. The Morgan fingerprint density at radius 2 is 2.00 bits per heavy atom. The molecule has 0 spiro atoms. The van der Waals surface area contributed by atoms with Gasteiger partial charge in [-0.05, 0) is 43.5 Å². The number of halogens is 1. The molecule has 2 aromatic carbocycles. The van der Waals surface area contributed by atoms with E-state index in [0.29, 0.717) is 21.4 Å². The predicted octanol–water partition coefficient (Wildman–Crippen LogP) is 5.10. The number of aromatic nitrogens is 1. The lowest BCUT2D eigenvalue weighted by Crippen LogP contribution is -2.30. The van der Waals surface area contributed by atoms with Crippen molar-refractivity contribution < 1.29 is 9.72 Å². The van der Waals surface area contributed by atoms with E-state index in [2.05, 4.69) is 10.3 Å². The summed E-state index contributed by atoms with van der Waals surface area (Å²) in [7, 11) is 0. The van der Waals surface area contributed by atoms with Gasteiger partial charge in [0, 0.05) is 24.7 Å². The summed E-state index contributed by atoms with van der Waals surface area (Å²) in [5.74, 6) is -0.441. The smallest absolute Gasteiger partial charge is 0.293 e. The lowest BCUT2D eigenvalue weighted by atomic mass is 10.1. The fourth-order valence-electron chi connectivity index (χ4n) is 3.35. The van der Waals surface area contributed by atoms with Crippen LogP contribution in [0, 0.1) is 10.1 Å². The molecule has 1 saturated heterocycles. The molecule has 1 amide bonds. The molecule has 1 N–H and O–H groups in total. The van der Waals surface area contributed by atoms with E-state index in [4.69, 9.17) is 11.6 Å². The van der Waals surface area contributed by atoms with Crippen LogP contribution in [0.1, 0.15) is 29.6 Å². The number of amides is 1. The number of rotatable bonds is 4. The summed E-state index contributed by atoms with van der Waals surface area (Å²) in [6.45, 7) is 1.58. The molecule has 0 bridgehead atoms. The third-order valence-electron chi connectivity index (χ3n) is 4.72. The van der Waals surface area contributed by atoms with Crippen molar-refractivity contribution in [1.82, 2.24) is 4.98 Å². The van der Waals surface area contributed by atoms with Crippen molar-refractivity contribution in [1.29, 1.82) is 0 Å². The average molecular weight is 417 g/mol. The number of hydrogen-bond donors (Lipinski definition) is 1. The number of nitro benzene ring substituents is 1. The first-order valence-electron chi connectivity index (χ1n) is 8.93. The largest absolute Gasteiger partial charge is 0.366 e. The Kier molecular flexibility index (Phi) is 5.15. The summed E-state index contributed by atoms with van der Waals surface area (Å²) in [6, 6.07) is 10.0. The van der Waals surface area contributed by atoms with E-state index in [1.54, 1.807) is 18.2 Å². The number of nitrogens with one attached hydrogen (secondary N) is 1. The molecule has 0 radical (unpaired) electrons. The van der Waals surface area contributed by atoms with E-state index in [-0.39, 0.29) is 11.3 Å². The molecule has 28 heavy (non-hydrogen) atoms. The Balaban J connectivity index is 1.60. The number of hydrogen-bond acceptors (Lipinski definition) is 6. The van der Waals surface area contributed by atoms with Crippen LogP contribution in [0.25, 0.3) is 10.2 Å². The van der Waals surface area contributed by atoms with Crippen LogP contribution in [0.2, 0.25) is 5.02 Å². The Morgan fingerprint density at radius 3 is 2.71 bits per heavy atom. The Bertz CT molecular complexity index is 1060. The molecule has 0 unspecified atom stereocenters. The minimum absolute atomic E-state index is 0.0538. The van der Waals surface area contributed by atoms with Gasteiger partial charge in [-0.15, -0.1) is 0 Å². The van der Waals surface area contributed by atoms with Gasteiger partial charge in [-0.25, -0.2) is 4.98 Å². The lowest BCUT2D eigenvalue weighted by molar-refractivity contribution is -0.384. The summed E-state index contributed by atoms with van der Waals surface area (Å²) < 4.78 is 0.856. The molecule has 3 aromatic rings. The molecule has 1 aromatic heterocycles. The van der Waals surface area contributed by atoms with Crippen LogP contribution in [-0.2, 0) is 0 Å². The van der Waals surface area contributed by atoms with E-state index >= 15 is 0 Å². The second-order valence-corrected chi connectivity index (χ2v) is 8.01. The zero-order chi connectivity index (χ0) is 19.7. The van der Waals surface area contributed by atoms with Crippen molar-refractivity contribution >= 4 is 55.6 Å². The van der Waals surface area contributed by atoms with Gasteiger partial charge in [-0.3, -0.25) is 20.2 Å². The molecule has 144 valence electrons. The van der Waals surface area contributed by atoms with Crippen molar-refractivity contribution in [3.63, 3.8) is 0 Å². The van der Waals surface area contributed by atoms with Crippen LogP contribution in [0.5, 0.6) is 0 Å². The Hall–Kier alpha value is -2.71. The molecule has 1 aliphatic heterocycles. The molecular weight excluding hydrogens is 400 g/mol. The molecule has 9 heteroatoms. The highest BCUT2D eigenvalue weighted by molar-refractivity contribution is 7.22. The molecular formula is C19H17ClN4O3S. The molecule has 1 aliphatic rings. The second kappa shape index (κ2) is 7.73. The highest BCUT2D eigenvalue weighted by Gasteiger charge is 2.23. The topological polar surface area (TPSA) is 88.4 Å². The number of carbonyl (C=O) groups is 1. The summed E-state index contributed by atoms with van der Waals surface area (Å²) in [4.78, 5) is 30.1. The van der Waals surface area contributed by atoms with Crippen LogP contribution < -0.4 is 10.2 Å². The standard InChI is InChI=1S/C19H17ClN4O3S/c20-13-5-4-6-16-17(13)21-19(28-16)22-18(25)12-7-8-14(15(11-12)24(26)27)23-9-2-1-3-10-23/h4-8,11H,1-3,9-10H2,(H,21,22,25). The van der Waals surface area contributed by atoms with Crippen molar-refractivity contribution in [3.05, 3.63) is 57.1 Å². The van der Waals surface area contributed by atoms with E-state index in [9.17, 15) is 14.9 Å². The van der Waals surface area contributed by atoms with Crippen LogP contribution in [-0.4, -0.2) is 28.9 Å². The third-order valence-corrected chi connectivity index (χ3v) is 5.96. The normalized spacial score (nSPS) is 14.2. The zero-order valence-electron chi connectivity index (χ0n) is 14.9. The molecule has 0 aliphatic carbocycles. The molecule has 1 fully saturated rings. The quantitative estimate of drug-likeness (QED) is 0.472. The Labute approximate surface area is 170 Å². The van der Waals surface area contributed by atoms with Crippen molar-refractivity contribution in [3.8, 4) is 0 Å². The fourth-order valence-corrected chi connectivity index (χ4v) is 4.51. The molecule has 0 atom stereocenters. The van der Waals surface area contributed by atoms with Crippen LogP contribution in [0.4, 0.5) is 16.5 Å². The fraction of sp³-hybridized carbons (Fsp3) is 0.263. The highest BCUT2D eigenvalue weighted by Crippen LogP contribution is 2.33. The van der Waals surface area contributed by atoms with Gasteiger partial charge < -0.3 is 4.90 Å². The second-order valence-electron chi connectivity index (χ2n) is 6.57. The first kappa shape index (κ1) is 18.6. The number of benzene rings is 2. The van der Waals surface area contributed by atoms with Crippen LogP contribution >= 0.6 is 22.9 Å². The SMILES string of the molecule is O=C(Nc1nc2c(Cl)cccc2s1)c1ccc(N2CCCCC2)c([N+](=O)[O-])c1. The molecule has 2 heterocycles. The first-order chi connectivity index (χ1) is 13.5. The number of fused-ring (bicyclic) bond motifs is 1. The summed E-state index contributed by atoms with van der Waals surface area (Å²) in [5, 5.41) is 15.2.